The van der Waals surface area contributed by atoms with Crippen LogP contribution in [0.1, 0.15) is 25.2 Å². The van der Waals surface area contributed by atoms with Crippen LogP contribution in [-0.2, 0) is 16.8 Å². The molecule has 0 saturated heterocycles. The molecule has 0 spiro atoms. The standard InChI is InChI=1S/C19H20O4/c1-5-16(22-13-14-9-7-6-8-10-14)19(2,3)17-11-15(21-4)12-18(20)23-17/h1,6-12,16H,13H2,2-4H3/t16-/m0/s1. The number of hydrogen-bond donors (Lipinski definition) is 0. The Balaban J connectivity index is 2.23. The summed E-state index contributed by atoms with van der Waals surface area (Å²) in [4.78, 5) is 11.7. The van der Waals surface area contributed by atoms with Crippen molar-refractivity contribution in [2.24, 2.45) is 0 Å². The molecule has 2 aromatic rings. The fourth-order valence-corrected chi connectivity index (χ4v) is 2.24. The van der Waals surface area contributed by atoms with E-state index < -0.39 is 17.1 Å². The van der Waals surface area contributed by atoms with Crippen molar-refractivity contribution in [1.29, 1.82) is 0 Å². The van der Waals surface area contributed by atoms with Crippen LogP contribution in [0.2, 0.25) is 0 Å². The first kappa shape index (κ1) is 16.9. The second kappa shape index (κ2) is 7.17. The molecule has 1 aromatic carbocycles. The SMILES string of the molecule is C#C[C@H](OCc1ccccc1)C(C)(C)c1cc(OC)cc(=O)o1. The van der Waals surface area contributed by atoms with Crippen molar-refractivity contribution >= 4 is 0 Å². The normalized spacial score (nSPS) is 12.4. The molecule has 4 heteroatoms. The van der Waals surface area contributed by atoms with E-state index in [-0.39, 0.29) is 0 Å². The van der Waals surface area contributed by atoms with Crippen molar-refractivity contribution in [1.82, 2.24) is 0 Å². The molecule has 1 aromatic heterocycles. The van der Waals surface area contributed by atoms with Crippen molar-refractivity contribution in [3.05, 3.63) is 64.2 Å². The summed E-state index contributed by atoms with van der Waals surface area (Å²) in [6, 6.07) is 12.7. The third-order valence-corrected chi connectivity index (χ3v) is 3.68. The molecule has 0 aliphatic carbocycles. The van der Waals surface area contributed by atoms with Gasteiger partial charge in [-0.25, -0.2) is 4.79 Å². The number of terminal acetylenes is 1. The minimum Gasteiger partial charge on any atom is -0.496 e. The molecular weight excluding hydrogens is 292 g/mol. The lowest BCUT2D eigenvalue weighted by atomic mass is 9.83. The maximum Gasteiger partial charge on any atom is 0.339 e. The Morgan fingerprint density at radius 2 is 1.96 bits per heavy atom. The van der Waals surface area contributed by atoms with Crippen LogP contribution in [-0.4, -0.2) is 13.2 Å². The monoisotopic (exact) mass is 312 g/mol. The summed E-state index contributed by atoms with van der Waals surface area (Å²) in [5.74, 6) is 3.50. The Bertz CT molecular complexity index is 738. The van der Waals surface area contributed by atoms with Gasteiger partial charge in [-0.1, -0.05) is 36.3 Å². The van der Waals surface area contributed by atoms with Gasteiger partial charge in [-0.05, 0) is 19.4 Å². The van der Waals surface area contributed by atoms with Gasteiger partial charge in [0.15, 0.2) is 0 Å². The summed E-state index contributed by atoms with van der Waals surface area (Å²) >= 11 is 0. The third kappa shape index (κ3) is 4.02. The maximum atomic E-state index is 11.7. The summed E-state index contributed by atoms with van der Waals surface area (Å²) < 4.78 is 16.3. The fourth-order valence-electron chi connectivity index (χ4n) is 2.24. The van der Waals surface area contributed by atoms with Crippen LogP contribution >= 0.6 is 0 Å². The largest absolute Gasteiger partial charge is 0.496 e. The predicted octanol–water partition coefficient (Wildman–Crippen LogP) is 3.14. The van der Waals surface area contributed by atoms with E-state index >= 15 is 0 Å². The maximum absolute atomic E-state index is 11.7. The summed E-state index contributed by atoms with van der Waals surface area (Å²) in [6.45, 7) is 4.13. The lowest BCUT2D eigenvalue weighted by Gasteiger charge is -2.29. The lowest BCUT2D eigenvalue weighted by molar-refractivity contribution is 0.0260. The first-order valence-corrected chi connectivity index (χ1v) is 7.28. The zero-order valence-corrected chi connectivity index (χ0v) is 13.5. The van der Waals surface area contributed by atoms with E-state index in [1.165, 1.54) is 13.2 Å². The van der Waals surface area contributed by atoms with Crippen LogP contribution in [0.4, 0.5) is 0 Å². The average molecular weight is 312 g/mol. The molecule has 0 amide bonds. The van der Waals surface area contributed by atoms with E-state index in [1.807, 2.05) is 44.2 Å². The minimum atomic E-state index is -0.683. The third-order valence-electron chi connectivity index (χ3n) is 3.68. The highest BCUT2D eigenvalue weighted by atomic mass is 16.5. The Hall–Kier alpha value is -2.51. The molecule has 0 radical (unpaired) electrons. The quantitative estimate of drug-likeness (QED) is 0.769. The minimum absolute atomic E-state index is 0.382. The van der Waals surface area contributed by atoms with Gasteiger partial charge in [-0.2, -0.15) is 0 Å². The lowest BCUT2D eigenvalue weighted by Crippen LogP contribution is -2.35. The number of benzene rings is 1. The molecule has 0 bridgehead atoms. The Kier molecular flexibility index (Phi) is 5.25. The van der Waals surface area contributed by atoms with E-state index in [4.69, 9.17) is 20.3 Å². The zero-order valence-electron chi connectivity index (χ0n) is 13.5. The number of ether oxygens (including phenoxy) is 2. The number of methoxy groups -OCH3 is 1. The smallest absolute Gasteiger partial charge is 0.339 e. The Morgan fingerprint density at radius 3 is 2.57 bits per heavy atom. The van der Waals surface area contributed by atoms with Crippen molar-refractivity contribution in [3.8, 4) is 18.1 Å². The summed E-state index contributed by atoms with van der Waals surface area (Å²) in [7, 11) is 1.50. The molecular formula is C19H20O4. The van der Waals surface area contributed by atoms with Gasteiger partial charge in [0.05, 0.1) is 25.2 Å². The van der Waals surface area contributed by atoms with Crippen molar-refractivity contribution in [3.63, 3.8) is 0 Å². The van der Waals surface area contributed by atoms with Crippen molar-refractivity contribution < 1.29 is 13.9 Å². The van der Waals surface area contributed by atoms with Gasteiger partial charge in [0.1, 0.15) is 17.6 Å². The molecule has 0 aliphatic rings. The van der Waals surface area contributed by atoms with Gasteiger partial charge in [0.25, 0.3) is 0 Å². The molecule has 0 fully saturated rings. The molecule has 0 N–H and O–H groups in total. The van der Waals surface area contributed by atoms with Crippen molar-refractivity contribution in [2.45, 2.75) is 32.0 Å². The number of hydrogen-bond acceptors (Lipinski definition) is 4. The van der Waals surface area contributed by atoms with Crippen LogP contribution < -0.4 is 10.4 Å². The Labute approximate surface area is 136 Å². The summed E-state index contributed by atoms with van der Waals surface area (Å²) in [5, 5.41) is 0. The summed E-state index contributed by atoms with van der Waals surface area (Å²) in [5.41, 5.74) is -0.140. The summed E-state index contributed by atoms with van der Waals surface area (Å²) in [6.07, 6.45) is 5.09. The van der Waals surface area contributed by atoms with Crippen LogP contribution in [0.3, 0.4) is 0 Å². The first-order valence-electron chi connectivity index (χ1n) is 7.28. The molecule has 120 valence electrons. The topological polar surface area (TPSA) is 48.7 Å². The predicted molar refractivity (Wildman–Crippen MR) is 88.4 cm³/mol. The van der Waals surface area contributed by atoms with E-state index in [2.05, 4.69) is 5.92 Å². The van der Waals surface area contributed by atoms with Crippen molar-refractivity contribution in [2.75, 3.05) is 7.11 Å². The van der Waals surface area contributed by atoms with Crippen LogP contribution in [0, 0.1) is 12.3 Å². The molecule has 1 heterocycles. The average Bonchev–Trinajstić information content (AvgIpc) is 2.55. The van der Waals surface area contributed by atoms with Gasteiger partial charge in [0.2, 0.25) is 0 Å². The van der Waals surface area contributed by atoms with Gasteiger partial charge in [-0.15, -0.1) is 6.42 Å². The van der Waals surface area contributed by atoms with Crippen LogP contribution in [0.25, 0.3) is 0 Å². The van der Waals surface area contributed by atoms with Crippen LogP contribution in [0.5, 0.6) is 5.75 Å². The fraction of sp³-hybridized carbons (Fsp3) is 0.316. The molecule has 0 aliphatic heterocycles. The van der Waals surface area contributed by atoms with E-state index in [1.54, 1.807) is 6.07 Å². The molecule has 0 saturated carbocycles. The second-order valence-electron chi connectivity index (χ2n) is 5.75. The highest BCUT2D eigenvalue weighted by Gasteiger charge is 2.34. The van der Waals surface area contributed by atoms with E-state index in [9.17, 15) is 4.79 Å². The molecule has 4 nitrogen and oxygen atoms in total. The number of rotatable bonds is 6. The van der Waals surface area contributed by atoms with E-state index in [0.29, 0.717) is 18.1 Å². The molecule has 2 rings (SSSR count). The first-order chi connectivity index (χ1) is 11.0. The van der Waals surface area contributed by atoms with Gasteiger partial charge >= 0.3 is 5.63 Å². The van der Waals surface area contributed by atoms with Gasteiger partial charge in [-0.3, -0.25) is 0 Å². The second-order valence-corrected chi connectivity index (χ2v) is 5.75. The van der Waals surface area contributed by atoms with E-state index in [0.717, 1.165) is 5.56 Å². The van der Waals surface area contributed by atoms with Crippen LogP contribution in [0.15, 0.2) is 51.7 Å². The zero-order chi connectivity index (χ0) is 16.9. The highest BCUT2D eigenvalue weighted by molar-refractivity contribution is 5.28. The van der Waals surface area contributed by atoms with Gasteiger partial charge < -0.3 is 13.9 Å². The molecule has 1 atom stereocenters. The molecule has 0 unspecified atom stereocenters. The Morgan fingerprint density at radius 1 is 1.26 bits per heavy atom. The molecule has 23 heavy (non-hydrogen) atoms. The van der Waals surface area contributed by atoms with Gasteiger partial charge in [0, 0.05) is 6.07 Å². The highest BCUT2D eigenvalue weighted by Crippen LogP contribution is 2.30.